The van der Waals surface area contributed by atoms with Crippen LogP contribution in [0.1, 0.15) is 24.8 Å². The SMILES string of the molecule is COc1ccc(CN(CCCO)C2CC2)cc1. The van der Waals surface area contributed by atoms with Crippen LogP contribution in [-0.2, 0) is 6.54 Å². The minimum absolute atomic E-state index is 0.284. The highest BCUT2D eigenvalue weighted by molar-refractivity contribution is 5.27. The van der Waals surface area contributed by atoms with Gasteiger partial charge in [-0.25, -0.2) is 0 Å². The first-order valence-corrected chi connectivity index (χ1v) is 6.31. The normalized spacial score (nSPS) is 15.2. The van der Waals surface area contributed by atoms with E-state index >= 15 is 0 Å². The van der Waals surface area contributed by atoms with Crippen LogP contribution in [0.3, 0.4) is 0 Å². The molecule has 0 radical (unpaired) electrons. The monoisotopic (exact) mass is 235 g/mol. The molecule has 1 aliphatic carbocycles. The van der Waals surface area contributed by atoms with Crippen LogP contribution in [0.15, 0.2) is 24.3 Å². The zero-order valence-corrected chi connectivity index (χ0v) is 10.4. The highest BCUT2D eigenvalue weighted by atomic mass is 16.5. The highest BCUT2D eigenvalue weighted by Crippen LogP contribution is 2.28. The van der Waals surface area contributed by atoms with Crippen molar-refractivity contribution in [2.75, 3.05) is 20.3 Å². The molecule has 0 aliphatic heterocycles. The number of benzene rings is 1. The molecule has 2 rings (SSSR count). The largest absolute Gasteiger partial charge is 0.497 e. The van der Waals surface area contributed by atoms with Gasteiger partial charge in [0.1, 0.15) is 5.75 Å². The lowest BCUT2D eigenvalue weighted by atomic mass is 10.2. The average Bonchev–Trinajstić information content (AvgIpc) is 3.19. The van der Waals surface area contributed by atoms with Gasteiger partial charge in [-0.15, -0.1) is 0 Å². The van der Waals surface area contributed by atoms with E-state index in [4.69, 9.17) is 9.84 Å². The van der Waals surface area contributed by atoms with Crippen LogP contribution >= 0.6 is 0 Å². The van der Waals surface area contributed by atoms with Gasteiger partial charge in [0.25, 0.3) is 0 Å². The number of hydrogen-bond acceptors (Lipinski definition) is 3. The number of methoxy groups -OCH3 is 1. The molecule has 17 heavy (non-hydrogen) atoms. The first-order chi connectivity index (χ1) is 8.33. The van der Waals surface area contributed by atoms with E-state index in [0.717, 1.165) is 31.3 Å². The van der Waals surface area contributed by atoms with Crippen LogP contribution in [0.25, 0.3) is 0 Å². The smallest absolute Gasteiger partial charge is 0.118 e. The lowest BCUT2D eigenvalue weighted by Crippen LogP contribution is -2.27. The number of aliphatic hydroxyl groups is 1. The molecular weight excluding hydrogens is 214 g/mol. The van der Waals surface area contributed by atoms with Crippen molar-refractivity contribution in [3.05, 3.63) is 29.8 Å². The van der Waals surface area contributed by atoms with Gasteiger partial charge in [-0.2, -0.15) is 0 Å². The summed E-state index contributed by atoms with van der Waals surface area (Å²) in [6, 6.07) is 8.99. The molecule has 0 atom stereocenters. The van der Waals surface area contributed by atoms with E-state index in [1.165, 1.54) is 18.4 Å². The Labute approximate surface area is 103 Å². The zero-order valence-electron chi connectivity index (χ0n) is 10.4. The lowest BCUT2D eigenvalue weighted by Gasteiger charge is -2.21. The summed E-state index contributed by atoms with van der Waals surface area (Å²) in [5.74, 6) is 0.905. The maximum absolute atomic E-state index is 8.91. The van der Waals surface area contributed by atoms with Gasteiger partial charge >= 0.3 is 0 Å². The van der Waals surface area contributed by atoms with Gasteiger partial charge in [0, 0.05) is 25.7 Å². The first kappa shape index (κ1) is 12.4. The summed E-state index contributed by atoms with van der Waals surface area (Å²) in [6.07, 6.45) is 3.48. The highest BCUT2D eigenvalue weighted by Gasteiger charge is 2.28. The maximum Gasteiger partial charge on any atom is 0.118 e. The van der Waals surface area contributed by atoms with Crippen molar-refractivity contribution in [3.63, 3.8) is 0 Å². The third-order valence-corrected chi connectivity index (χ3v) is 3.21. The molecule has 1 aromatic carbocycles. The molecule has 0 amide bonds. The third-order valence-electron chi connectivity index (χ3n) is 3.21. The Kier molecular flexibility index (Phi) is 4.40. The summed E-state index contributed by atoms with van der Waals surface area (Å²) in [6.45, 7) is 2.26. The van der Waals surface area contributed by atoms with E-state index in [1.807, 2.05) is 12.1 Å². The quantitative estimate of drug-likeness (QED) is 0.785. The molecule has 1 N–H and O–H groups in total. The Hall–Kier alpha value is -1.06. The predicted octanol–water partition coefficient (Wildman–Crippen LogP) is 2.04. The van der Waals surface area contributed by atoms with Gasteiger partial charge in [0.15, 0.2) is 0 Å². The van der Waals surface area contributed by atoms with E-state index in [0.29, 0.717) is 0 Å². The standard InChI is InChI=1S/C14H21NO2/c1-17-14-7-3-12(4-8-14)11-15(9-2-10-16)13-5-6-13/h3-4,7-8,13,16H,2,5-6,9-11H2,1H3. The van der Waals surface area contributed by atoms with E-state index in [1.54, 1.807) is 7.11 Å². The van der Waals surface area contributed by atoms with Gasteiger partial charge < -0.3 is 9.84 Å². The molecule has 0 spiro atoms. The van der Waals surface area contributed by atoms with Crippen LogP contribution < -0.4 is 4.74 Å². The lowest BCUT2D eigenvalue weighted by molar-refractivity contribution is 0.211. The number of rotatable bonds is 7. The summed E-state index contributed by atoms with van der Waals surface area (Å²) >= 11 is 0. The van der Waals surface area contributed by atoms with Gasteiger partial charge in [0.2, 0.25) is 0 Å². The van der Waals surface area contributed by atoms with Gasteiger partial charge in [-0.1, -0.05) is 12.1 Å². The molecule has 1 aliphatic rings. The van der Waals surface area contributed by atoms with Crippen molar-refractivity contribution >= 4 is 0 Å². The summed E-state index contributed by atoms with van der Waals surface area (Å²) in [4.78, 5) is 2.47. The van der Waals surface area contributed by atoms with Crippen molar-refractivity contribution in [2.45, 2.75) is 31.8 Å². The summed E-state index contributed by atoms with van der Waals surface area (Å²) in [5.41, 5.74) is 1.32. The second-order valence-electron chi connectivity index (χ2n) is 4.63. The zero-order chi connectivity index (χ0) is 12.1. The molecule has 94 valence electrons. The molecule has 3 nitrogen and oxygen atoms in total. The minimum atomic E-state index is 0.284. The summed E-state index contributed by atoms with van der Waals surface area (Å²) in [5, 5.41) is 8.91. The Morgan fingerprint density at radius 3 is 2.53 bits per heavy atom. The van der Waals surface area contributed by atoms with Gasteiger partial charge in [-0.05, 0) is 37.0 Å². The van der Waals surface area contributed by atoms with Crippen molar-refractivity contribution in [1.82, 2.24) is 4.90 Å². The molecule has 1 fully saturated rings. The van der Waals surface area contributed by atoms with Crippen LogP contribution in [0.2, 0.25) is 0 Å². The Morgan fingerprint density at radius 2 is 2.00 bits per heavy atom. The first-order valence-electron chi connectivity index (χ1n) is 6.31. The third kappa shape index (κ3) is 3.72. The molecule has 3 heteroatoms. The van der Waals surface area contributed by atoms with Crippen LogP contribution in [0.4, 0.5) is 0 Å². The second-order valence-corrected chi connectivity index (χ2v) is 4.63. The molecule has 1 saturated carbocycles. The Balaban J connectivity index is 1.91. The van der Waals surface area contributed by atoms with Crippen molar-refractivity contribution < 1.29 is 9.84 Å². The number of aliphatic hydroxyl groups excluding tert-OH is 1. The topological polar surface area (TPSA) is 32.7 Å². The van der Waals surface area contributed by atoms with E-state index in [2.05, 4.69) is 17.0 Å². The fourth-order valence-corrected chi connectivity index (χ4v) is 2.07. The number of nitrogens with zero attached hydrogens (tertiary/aromatic N) is 1. The summed E-state index contributed by atoms with van der Waals surface area (Å²) < 4.78 is 5.15. The van der Waals surface area contributed by atoms with Crippen molar-refractivity contribution in [3.8, 4) is 5.75 Å². The Bertz CT molecular complexity index is 333. The molecule has 0 bridgehead atoms. The van der Waals surface area contributed by atoms with Gasteiger partial charge in [-0.3, -0.25) is 4.90 Å². The second kappa shape index (κ2) is 6.03. The van der Waals surface area contributed by atoms with E-state index < -0.39 is 0 Å². The van der Waals surface area contributed by atoms with Crippen LogP contribution in [0, 0.1) is 0 Å². The number of ether oxygens (including phenoxy) is 1. The van der Waals surface area contributed by atoms with Crippen LogP contribution in [-0.4, -0.2) is 36.3 Å². The molecule has 0 saturated heterocycles. The molecule has 0 aromatic heterocycles. The molecule has 0 unspecified atom stereocenters. The van der Waals surface area contributed by atoms with E-state index in [-0.39, 0.29) is 6.61 Å². The van der Waals surface area contributed by atoms with Gasteiger partial charge in [0.05, 0.1) is 7.11 Å². The van der Waals surface area contributed by atoms with Crippen molar-refractivity contribution in [2.24, 2.45) is 0 Å². The molecule has 0 heterocycles. The fraction of sp³-hybridized carbons (Fsp3) is 0.571. The summed E-state index contributed by atoms with van der Waals surface area (Å²) in [7, 11) is 1.69. The fourth-order valence-electron chi connectivity index (χ4n) is 2.07. The molecule has 1 aromatic rings. The molecular formula is C14H21NO2. The maximum atomic E-state index is 8.91. The number of hydrogen-bond donors (Lipinski definition) is 1. The Morgan fingerprint density at radius 1 is 1.29 bits per heavy atom. The van der Waals surface area contributed by atoms with E-state index in [9.17, 15) is 0 Å². The van der Waals surface area contributed by atoms with Crippen molar-refractivity contribution in [1.29, 1.82) is 0 Å². The average molecular weight is 235 g/mol. The van der Waals surface area contributed by atoms with Crippen LogP contribution in [0.5, 0.6) is 5.75 Å². The minimum Gasteiger partial charge on any atom is -0.497 e. The predicted molar refractivity (Wildman–Crippen MR) is 68.1 cm³/mol.